The molecule has 0 spiro atoms. The Bertz CT molecular complexity index is 408. The standard InChI is InChI=1S/C14H19NO2/c1-17-13-4-2-3-11(7-13)8-15-9-14(16,10-15)12-5-6-12/h2-4,7,12,16H,5-6,8-10H2,1H3. The largest absolute Gasteiger partial charge is 0.497 e. The van der Waals surface area contributed by atoms with Crippen LogP contribution in [0.2, 0.25) is 0 Å². The fourth-order valence-corrected chi connectivity index (χ4v) is 2.75. The Morgan fingerprint density at radius 2 is 2.18 bits per heavy atom. The molecule has 2 fully saturated rings. The highest BCUT2D eigenvalue weighted by atomic mass is 16.5. The maximum absolute atomic E-state index is 10.2. The van der Waals surface area contributed by atoms with Crippen LogP contribution < -0.4 is 4.74 Å². The van der Waals surface area contributed by atoms with Gasteiger partial charge in [0.2, 0.25) is 0 Å². The van der Waals surface area contributed by atoms with Gasteiger partial charge in [-0.1, -0.05) is 12.1 Å². The molecule has 0 amide bonds. The summed E-state index contributed by atoms with van der Waals surface area (Å²) in [5, 5.41) is 10.2. The number of likely N-dealkylation sites (tertiary alicyclic amines) is 1. The lowest BCUT2D eigenvalue weighted by molar-refractivity contribution is -0.116. The molecule has 0 bridgehead atoms. The van der Waals surface area contributed by atoms with Crippen molar-refractivity contribution in [3.8, 4) is 5.75 Å². The Morgan fingerprint density at radius 1 is 1.41 bits per heavy atom. The van der Waals surface area contributed by atoms with Crippen molar-refractivity contribution in [3.05, 3.63) is 29.8 Å². The SMILES string of the molecule is COc1cccc(CN2CC(O)(C3CC3)C2)c1. The summed E-state index contributed by atoms with van der Waals surface area (Å²) in [5.41, 5.74) is 0.876. The predicted molar refractivity (Wildman–Crippen MR) is 65.9 cm³/mol. The minimum atomic E-state index is -0.376. The average molecular weight is 233 g/mol. The molecule has 1 saturated heterocycles. The van der Waals surface area contributed by atoms with Crippen LogP contribution in [0.4, 0.5) is 0 Å². The second-order valence-corrected chi connectivity index (χ2v) is 5.37. The Morgan fingerprint density at radius 3 is 2.82 bits per heavy atom. The van der Waals surface area contributed by atoms with Crippen molar-refractivity contribution in [1.29, 1.82) is 0 Å². The average Bonchev–Trinajstić information content (AvgIpc) is 3.11. The lowest BCUT2D eigenvalue weighted by atomic mass is 9.88. The van der Waals surface area contributed by atoms with Gasteiger partial charge in [0.05, 0.1) is 12.7 Å². The molecule has 0 atom stereocenters. The summed E-state index contributed by atoms with van der Waals surface area (Å²) in [7, 11) is 1.69. The molecule has 0 unspecified atom stereocenters. The molecule has 17 heavy (non-hydrogen) atoms. The zero-order valence-corrected chi connectivity index (χ0v) is 10.2. The molecule has 1 aliphatic carbocycles. The van der Waals surface area contributed by atoms with E-state index in [0.717, 1.165) is 25.4 Å². The molecular weight excluding hydrogens is 214 g/mol. The predicted octanol–water partition coefficient (Wildman–Crippen LogP) is 1.65. The van der Waals surface area contributed by atoms with E-state index >= 15 is 0 Å². The van der Waals surface area contributed by atoms with Crippen molar-refractivity contribution < 1.29 is 9.84 Å². The first-order valence-electron chi connectivity index (χ1n) is 6.27. The summed E-state index contributed by atoms with van der Waals surface area (Å²) < 4.78 is 5.21. The van der Waals surface area contributed by atoms with Crippen LogP contribution in [0.25, 0.3) is 0 Å². The molecular formula is C14H19NO2. The quantitative estimate of drug-likeness (QED) is 0.858. The molecule has 1 aliphatic heterocycles. The second-order valence-electron chi connectivity index (χ2n) is 5.37. The number of hydrogen-bond acceptors (Lipinski definition) is 3. The van der Waals surface area contributed by atoms with Crippen LogP contribution in [0.1, 0.15) is 18.4 Å². The van der Waals surface area contributed by atoms with E-state index in [0.29, 0.717) is 5.92 Å². The van der Waals surface area contributed by atoms with E-state index in [1.54, 1.807) is 7.11 Å². The molecule has 1 aromatic rings. The van der Waals surface area contributed by atoms with Gasteiger partial charge in [0.1, 0.15) is 5.75 Å². The Hall–Kier alpha value is -1.06. The van der Waals surface area contributed by atoms with Crippen LogP contribution in [0, 0.1) is 5.92 Å². The number of β-amino-alcohol motifs (C(OH)–C–C–N with tert-alkyl or cyclic N) is 1. The summed E-state index contributed by atoms with van der Waals surface area (Å²) in [4.78, 5) is 2.30. The van der Waals surface area contributed by atoms with E-state index < -0.39 is 0 Å². The number of hydrogen-bond donors (Lipinski definition) is 1. The van der Waals surface area contributed by atoms with Crippen molar-refractivity contribution in [3.63, 3.8) is 0 Å². The fraction of sp³-hybridized carbons (Fsp3) is 0.571. The van der Waals surface area contributed by atoms with Gasteiger partial charge in [-0.25, -0.2) is 0 Å². The minimum Gasteiger partial charge on any atom is -0.497 e. The first-order valence-corrected chi connectivity index (χ1v) is 6.27. The Labute approximate surface area is 102 Å². The third-order valence-electron chi connectivity index (χ3n) is 3.87. The molecule has 3 rings (SSSR count). The molecule has 1 N–H and O–H groups in total. The van der Waals surface area contributed by atoms with Gasteiger partial charge in [-0.3, -0.25) is 4.90 Å². The van der Waals surface area contributed by atoms with E-state index in [2.05, 4.69) is 17.0 Å². The third kappa shape index (κ3) is 2.17. The van der Waals surface area contributed by atoms with Crippen molar-refractivity contribution in [2.24, 2.45) is 5.92 Å². The minimum absolute atomic E-state index is 0.376. The van der Waals surface area contributed by atoms with Gasteiger partial charge < -0.3 is 9.84 Å². The highest BCUT2D eigenvalue weighted by Gasteiger charge is 2.51. The highest BCUT2D eigenvalue weighted by Crippen LogP contribution is 2.44. The summed E-state index contributed by atoms with van der Waals surface area (Å²) in [5.74, 6) is 1.48. The smallest absolute Gasteiger partial charge is 0.119 e. The molecule has 3 heteroatoms. The Balaban J connectivity index is 1.57. The molecule has 0 radical (unpaired) electrons. The van der Waals surface area contributed by atoms with Gasteiger partial charge in [-0.15, -0.1) is 0 Å². The van der Waals surface area contributed by atoms with Crippen LogP contribution in [0.15, 0.2) is 24.3 Å². The Kier molecular flexibility index (Phi) is 2.60. The number of methoxy groups -OCH3 is 1. The second kappa shape index (κ2) is 4.00. The zero-order valence-electron chi connectivity index (χ0n) is 10.2. The first-order chi connectivity index (χ1) is 8.19. The molecule has 0 aromatic heterocycles. The van der Waals surface area contributed by atoms with Gasteiger partial charge >= 0.3 is 0 Å². The number of rotatable bonds is 4. The van der Waals surface area contributed by atoms with Crippen LogP contribution in [0.3, 0.4) is 0 Å². The van der Waals surface area contributed by atoms with Gasteiger partial charge in [-0.2, -0.15) is 0 Å². The highest BCUT2D eigenvalue weighted by molar-refractivity contribution is 5.28. The number of ether oxygens (including phenoxy) is 1. The van der Waals surface area contributed by atoms with E-state index in [9.17, 15) is 5.11 Å². The van der Waals surface area contributed by atoms with Crippen molar-refractivity contribution in [1.82, 2.24) is 4.90 Å². The van der Waals surface area contributed by atoms with Crippen molar-refractivity contribution in [2.45, 2.75) is 25.0 Å². The van der Waals surface area contributed by atoms with Crippen LogP contribution in [-0.4, -0.2) is 35.8 Å². The van der Waals surface area contributed by atoms with Crippen molar-refractivity contribution in [2.75, 3.05) is 20.2 Å². The lowest BCUT2D eigenvalue weighted by Crippen LogP contribution is -2.62. The zero-order chi connectivity index (χ0) is 11.9. The van der Waals surface area contributed by atoms with Crippen LogP contribution in [0.5, 0.6) is 5.75 Å². The molecule has 3 nitrogen and oxygen atoms in total. The molecule has 1 heterocycles. The number of benzene rings is 1. The summed E-state index contributed by atoms with van der Waals surface area (Å²) in [6, 6.07) is 8.15. The van der Waals surface area contributed by atoms with Gasteiger partial charge in [0.15, 0.2) is 0 Å². The summed E-state index contributed by atoms with van der Waals surface area (Å²) in [6.07, 6.45) is 2.42. The first kappa shape index (κ1) is 11.1. The van der Waals surface area contributed by atoms with Gasteiger partial charge in [0, 0.05) is 19.6 Å². The van der Waals surface area contributed by atoms with E-state index in [4.69, 9.17) is 4.74 Å². The molecule has 92 valence electrons. The maximum atomic E-state index is 10.2. The fourth-order valence-electron chi connectivity index (χ4n) is 2.75. The van der Waals surface area contributed by atoms with E-state index in [1.165, 1.54) is 18.4 Å². The van der Waals surface area contributed by atoms with Gasteiger partial charge in [0.25, 0.3) is 0 Å². The van der Waals surface area contributed by atoms with Crippen LogP contribution >= 0.6 is 0 Å². The molecule has 1 saturated carbocycles. The van der Waals surface area contributed by atoms with Gasteiger partial charge in [-0.05, 0) is 36.5 Å². The van der Waals surface area contributed by atoms with Crippen LogP contribution in [-0.2, 0) is 6.54 Å². The molecule has 2 aliphatic rings. The monoisotopic (exact) mass is 233 g/mol. The topological polar surface area (TPSA) is 32.7 Å². The summed E-state index contributed by atoms with van der Waals surface area (Å²) in [6.45, 7) is 2.57. The lowest BCUT2D eigenvalue weighted by Gasteiger charge is -2.47. The van der Waals surface area contributed by atoms with E-state index in [1.807, 2.05) is 12.1 Å². The van der Waals surface area contributed by atoms with Crippen molar-refractivity contribution >= 4 is 0 Å². The normalized spacial score (nSPS) is 23.2. The van der Waals surface area contributed by atoms with E-state index in [-0.39, 0.29) is 5.60 Å². The number of nitrogens with zero attached hydrogens (tertiary/aromatic N) is 1. The summed E-state index contributed by atoms with van der Waals surface area (Å²) >= 11 is 0. The maximum Gasteiger partial charge on any atom is 0.119 e. The number of aliphatic hydroxyl groups is 1. The molecule has 1 aromatic carbocycles. The third-order valence-corrected chi connectivity index (χ3v) is 3.87.